The summed E-state index contributed by atoms with van der Waals surface area (Å²) in [4.78, 5) is 17.9. The summed E-state index contributed by atoms with van der Waals surface area (Å²) >= 11 is 0. The van der Waals surface area contributed by atoms with Crippen molar-refractivity contribution in [3.05, 3.63) is 59.7 Å². The maximum atomic E-state index is 14.2. The third-order valence-electron chi connectivity index (χ3n) is 6.37. The maximum Gasteiger partial charge on any atom is 0.407 e. The zero-order valence-electron chi connectivity index (χ0n) is 20.8. The molecule has 0 bridgehead atoms. The highest BCUT2D eigenvalue weighted by molar-refractivity contribution is 6.74. The quantitative estimate of drug-likeness (QED) is 0.317. The van der Waals surface area contributed by atoms with Gasteiger partial charge in [-0.2, -0.15) is 0 Å². The van der Waals surface area contributed by atoms with E-state index in [9.17, 15) is 14.3 Å². The molecule has 2 rings (SSSR count). The van der Waals surface area contributed by atoms with Crippen LogP contribution >= 0.6 is 0 Å². The number of carboxylic acid groups (broad SMARTS) is 1. The van der Waals surface area contributed by atoms with Gasteiger partial charge in [-0.15, -0.1) is 12.3 Å². The average molecular weight is 487 g/mol. The molecular formula is C26H35FN2O4Si. The molecule has 34 heavy (non-hydrogen) atoms. The number of halogens is 1. The minimum absolute atomic E-state index is 0.120. The van der Waals surface area contributed by atoms with Crippen LogP contribution in [0.2, 0.25) is 18.1 Å². The normalized spacial score (nSPS) is 13.6. The summed E-state index contributed by atoms with van der Waals surface area (Å²) in [6.45, 7) is 10.6. The smallest absolute Gasteiger partial charge is 0.407 e. The van der Waals surface area contributed by atoms with E-state index < -0.39 is 32.4 Å². The second-order valence-electron chi connectivity index (χ2n) is 9.80. The Bertz CT molecular complexity index is 999. The Hall–Kier alpha value is -2.89. The number of methoxy groups -OCH3 is 1. The van der Waals surface area contributed by atoms with Crippen molar-refractivity contribution >= 4 is 14.4 Å². The highest BCUT2D eigenvalue weighted by atomic mass is 28.4. The largest absolute Gasteiger partial charge is 0.497 e. The van der Waals surface area contributed by atoms with E-state index in [0.29, 0.717) is 24.2 Å². The van der Waals surface area contributed by atoms with Crippen LogP contribution in [0.15, 0.2) is 42.7 Å². The van der Waals surface area contributed by atoms with Crippen molar-refractivity contribution in [2.24, 2.45) is 0 Å². The second-order valence-corrected chi connectivity index (χ2v) is 14.6. The number of amides is 1. The molecule has 0 aliphatic rings. The van der Waals surface area contributed by atoms with Gasteiger partial charge in [0.15, 0.2) is 8.32 Å². The molecule has 2 aromatic rings. The van der Waals surface area contributed by atoms with Crippen LogP contribution in [0.1, 0.15) is 50.8 Å². The van der Waals surface area contributed by atoms with Gasteiger partial charge in [-0.3, -0.25) is 9.88 Å². The van der Waals surface area contributed by atoms with E-state index in [1.54, 1.807) is 19.2 Å². The van der Waals surface area contributed by atoms with E-state index in [1.807, 2.05) is 12.1 Å². The van der Waals surface area contributed by atoms with Crippen LogP contribution in [0, 0.1) is 18.2 Å². The lowest BCUT2D eigenvalue weighted by Crippen LogP contribution is -2.49. The number of benzene rings is 1. The number of terminal acetylenes is 1. The third kappa shape index (κ3) is 7.05. The Morgan fingerprint density at radius 3 is 2.41 bits per heavy atom. The molecule has 184 valence electrons. The molecule has 1 aromatic heterocycles. The third-order valence-corrected chi connectivity index (χ3v) is 10.8. The molecule has 8 heteroatoms. The van der Waals surface area contributed by atoms with Crippen LogP contribution in [0.4, 0.5) is 9.18 Å². The van der Waals surface area contributed by atoms with Gasteiger partial charge in [0, 0.05) is 24.7 Å². The fourth-order valence-electron chi connectivity index (χ4n) is 3.40. The number of ether oxygens (including phenoxy) is 1. The van der Waals surface area contributed by atoms with Crippen LogP contribution in [-0.4, -0.2) is 42.6 Å². The molecule has 0 saturated carbocycles. The van der Waals surface area contributed by atoms with Crippen LogP contribution in [0.25, 0.3) is 0 Å². The summed E-state index contributed by atoms with van der Waals surface area (Å²) < 4.78 is 26.2. The van der Waals surface area contributed by atoms with Crippen molar-refractivity contribution < 1.29 is 23.5 Å². The molecule has 1 heterocycles. The van der Waals surface area contributed by atoms with Gasteiger partial charge in [-0.1, -0.05) is 32.9 Å². The summed E-state index contributed by atoms with van der Waals surface area (Å²) in [6.07, 6.45) is 7.09. The molecule has 0 fully saturated rings. The van der Waals surface area contributed by atoms with Crippen molar-refractivity contribution in [2.45, 2.75) is 70.4 Å². The first kappa shape index (κ1) is 27.4. The minimum Gasteiger partial charge on any atom is -0.497 e. The first-order valence-electron chi connectivity index (χ1n) is 11.2. The number of hydrogen-bond acceptors (Lipinski definition) is 4. The second kappa shape index (κ2) is 11.5. The number of rotatable bonds is 10. The first-order valence-corrected chi connectivity index (χ1v) is 14.1. The van der Waals surface area contributed by atoms with E-state index in [0.717, 1.165) is 11.8 Å². The number of nitrogens with zero attached hydrogens (tertiary/aromatic N) is 2. The summed E-state index contributed by atoms with van der Waals surface area (Å²) in [5, 5.41) is 10.1. The first-order chi connectivity index (χ1) is 15.9. The molecule has 0 aliphatic heterocycles. The fourth-order valence-corrected chi connectivity index (χ4v) is 4.68. The standard InChI is InChI=1S/C26H35FN2O4Si/c1-8-9-10-23(29(25(30)31)18-19-11-13-22(32-5)14-12-19)24(20-15-21(27)17-28-16-20)33-34(6,7)26(2,3)4/h1,11-17,23-24H,9-10,18H2,2-7H3,(H,30,31)/t23-,24-/m1/s1. The highest BCUT2D eigenvalue weighted by Crippen LogP contribution is 2.42. The van der Waals surface area contributed by atoms with Crippen molar-refractivity contribution in [1.82, 2.24) is 9.88 Å². The van der Waals surface area contributed by atoms with Crippen LogP contribution in [0.3, 0.4) is 0 Å². The number of hydrogen-bond donors (Lipinski definition) is 1. The predicted molar refractivity (Wildman–Crippen MR) is 134 cm³/mol. The van der Waals surface area contributed by atoms with Gasteiger partial charge >= 0.3 is 6.09 Å². The van der Waals surface area contributed by atoms with Gasteiger partial charge in [0.25, 0.3) is 0 Å². The summed E-state index contributed by atoms with van der Waals surface area (Å²) in [7, 11) is -0.820. The number of carbonyl (C=O) groups is 1. The Labute approximate surface area is 203 Å². The minimum atomic E-state index is -2.39. The molecular weight excluding hydrogens is 451 g/mol. The molecule has 1 amide bonds. The van der Waals surface area contributed by atoms with Gasteiger partial charge in [0.05, 0.1) is 25.5 Å². The van der Waals surface area contributed by atoms with Gasteiger partial charge in [-0.05, 0) is 48.3 Å². The topological polar surface area (TPSA) is 71.9 Å². The highest BCUT2D eigenvalue weighted by Gasteiger charge is 2.43. The van der Waals surface area contributed by atoms with Crippen molar-refractivity contribution in [2.75, 3.05) is 7.11 Å². The molecule has 1 aromatic carbocycles. The lowest BCUT2D eigenvalue weighted by atomic mass is 9.97. The summed E-state index contributed by atoms with van der Waals surface area (Å²) in [5.41, 5.74) is 1.28. The van der Waals surface area contributed by atoms with Gasteiger partial charge in [0.2, 0.25) is 0 Å². The van der Waals surface area contributed by atoms with Crippen LogP contribution in [-0.2, 0) is 11.0 Å². The molecule has 0 saturated heterocycles. The molecule has 6 nitrogen and oxygen atoms in total. The molecule has 0 radical (unpaired) electrons. The maximum absolute atomic E-state index is 14.2. The Kier molecular flexibility index (Phi) is 9.25. The van der Waals surface area contributed by atoms with Crippen LogP contribution in [0.5, 0.6) is 5.75 Å². The van der Waals surface area contributed by atoms with Crippen molar-refractivity contribution in [1.29, 1.82) is 0 Å². The van der Waals surface area contributed by atoms with E-state index in [1.165, 1.54) is 17.2 Å². The molecule has 0 aliphatic carbocycles. The fraction of sp³-hybridized carbons (Fsp3) is 0.462. The Morgan fingerprint density at radius 1 is 1.26 bits per heavy atom. The number of pyridine rings is 1. The predicted octanol–water partition coefficient (Wildman–Crippen LogP) is 6.25. The van der Waals surface area contributed by atoms with E-state index in [4.69, 9.17) is 15.6 Å². The van der Waals surface area contributed by atoms with Gasteiger partial charge < -0.3 is 14.3 Å². The molecule has 0 unspecified atom stereocenters. The lowest BCUT2D eigenvalue weighted by Gasteiger charge is -2.43. The van der Waals surface area contributed by atoms with Crippen molar-refractivity contribution in [3.8, 4) is 18.1 Å². The zero-order valence-corrected chi connectivity index (χ0v) is 21.8. The van der Waals surface area contributed by atoms with Gasteiger partial charge in [0.1, 0.15) is 11.6 Å². The average Bonchev–Trinajstić information content (AvgIpc) is 2.77. The SMILES string of the molecule is C#CCC[C@H]([C@H](O[Si](C)(C)C(C)(C)C)c1cncc(F)c1)N(Cc1ccc(OC)cc1)C(=O)O. The van der Waals surface area contributed by atoms with Gasteiger partial charge in [-0.25, -0.2) is 9.18 Å². The monoisotopic (exact) mass is 486 g/mol. The molecule has 2 atom stereocenters. The molecule has 1 N–H and O–H groups in total. The summed E-state index contributed by atoms with van der Waals surface area (Å²) in [5.74, 6) is 2.79. The van der Waals surface area contributed by atoms with E-state index >= 15 is 0 Å². The Balaban J connectivity index is 2.56. The van der Waals surface area contributed by atoms with Crippen molar-refractivity contribution in [3.63, 3.8) is 0 Å². The lowest BCUT2D eigenvalue weighted by molar-refractivity contribution is 0.0459. The zero-order chi connectivity index (χ0) is 25.5. The summed E-state index contributed by atoms with van der Waals surface area (Å²) in [6, 6.07) is 7.92. The van der Waals surface area contributed by atoms with E-state index in [2.05, 4.69) is 44.8 Å². The molecule has 0 spiro atoms. The van der Waals surface area contributed by atoms with Crippen LogP contribution < -0.4 is 4.74 Å². The number of aromatic nitrogens is 1. The van der Waals surface area contributed by atoms with E-state index in [-0.39, 0.29) is 11.6 Å². The Morgan fingerprint density at radius 2 is 1.91 bits per heavy atom.